The number of nitrogens with zero attached hydrogens (tertiary/aromatic N) is 1. The Bertz CT molecular complexity index is 1280. The fourth-order valence-corrected chi connectivity index (χ4v) is 6.72. The number of aryl methyl sites for hydroxylation is 1. The molecular formula is C15H22FN2O14P3. The van der Waals surface area contributed by atoms with Gasteiger partial charge in [0, 0.05) is 11.8 Å². The topological polar surface area (TPSA) is 244 Å². The van der Waals surface area contributed by atoms with Crippen molar-refractivity contribution in [3.8, 4) is 11.8 Å². The lowest BCUT2D eigenvalue weighted by molar-refractivity contribution is -0.0751. The Morgan fingerprint density at radius 3 is 2.31 bits per heavy atom. The lowest BCUT2D eigenvalue weighted by Crippen LogP contribution is -2.45. The number of halogens is 1. The number of hydrogen-bond acceptors (Lipinski definition) is 10. The molecule has 16 nitrogen and oxygen atoms in total. The van der Waals surface area contributed by atoms with Gasteiger partial charge in [-0.25, -0.2) is 22.9 Å². The second-order valence-corrected chi connectivity index (χ2v) is 11.6. The van der Waals surface area contributed by atoms with Crippen molar-refractivity contribution in [3.05, 3.63) is 32.6 Å². The summed E-state index contributed by atoms with van der Waals surface area (Å²) in [6.45, 7) is 2.55. The third kappa shape index (κ3) is 7.05. The van der Waals surface area contributed by atoms with E-state index in [1.807, 2.05) is 4.98 Å². The predicted molar refractivity (Wildman–Crippen MR) is 112 cm³/mol. The number of alkyl halides is 1. The van der Waals surface area contributed by atoms with Crippen molar-refractivity contribution in [2.45, 2.75) is 44.9 Å². The summed E-state index contributed by atoms with van der Waals surface area (Å²) in [4.78, 5) is 62.1. The van der Waals surface area contributed by atoms with Crippen LogP contribution in [0.15, 0.2) is 15.7 Å². The van der Waals surface area contributed by atoms with E-state index >= 15 is 4.39 Å². The van der Waals surface area contributed by atoms with Crippen molar-refractivity contribution < 1.29 is 60.6 Å². The van der Waals surface area contributed by atoms with Gasteiger partial charge >= 0.3 is 29.2 Å². The quantitative estimate of drug-likeness (QED) is 0.168. The molecule has 0 spiro atoms. The molecule has 198 valence electrons. The van der Waals surface area contributed by atoms with Crippen LogP contribution in [0.4, 0.5) is 4.39 Å². The van der Waals surface area contributed by atoms with Gasteiger partial charge in [-0.1, -0.05) is 5.92 Å². The molecule has 2 rings (SSSR count). The highest BCUT2D eigenvalue weighted by molar-refractivity contribution is 7.66. The summed E-state index contributed by atoms with van der Waals surface area (Å²) < 4.78 is 68.8. The molecule has 1 saturated heterocycles. The summed E-state index contributed by atoms with van der Waals surface area (Å²) >= 11 is 0. The number of phosphoric acid groups is 3. The Kier molecular flexibility index (Phi) is 8.89. The molecule has 20 heteroatoms. The summed E-state index contributed by atoms with van der Waals surface area (Å²) in [5.74, 6) is 2.84. The monoisotopic (exact) mass is 566 g/mol. The first-order chi connectivity index (χ1) is 15.9. The van der Waals surface area contributed by atoms with Gasteiger partial charge in [0.15, 0.2) is 6.23 Å². The second-order valence-electron chi connectivity index (χ2n) is 7.24. The third-order valence-corrected chi connectivity index (χ3v) is 8.60. The average Bonchev–Trinajstić information content (AvgIpc) is 2.90. The Morgan fingerprint density at radius 2 is 1.83 bits per heavy atom. The highest BCUT2D eigenvalue weighted by Gasteiger charge is 2.60. The molecule has 0 aromatic carbocycles. The summed E-state index contributed by atoms with van der Waals surface area (Å²) in [7, 11) is -17.1. The number of hydrogen-bond donors (Lipinski definition) is 6. The van der Waals surface area contributed by atoms with Crippen LogP contribution in [0.5, 0.6) is 0 Å². The van der Waals surface area contributed by atoms with E-state index in [0.717, 1.165) is 13.0 Å². The fraction of sp³-hybridized carbons (Fsp3) is 0.600. The van der Waals surface area contributed by atoms with Gasteiger partial charge in [-0.15, -0.1) is 5.92 Å². The van der Waals surface area contributed by atoms with Crippen molar-refractivity contribution in [1.29, 1.82) is 0 Å². The van der Waals surface area contributed by atoms with Crippen molar-refractivity contribution in [2.75, 3.05) is 6.61 Å². The molecule has 6 N–H and O–H groups in total. The lowest BCUT2D eigenvalue weighted by Gasteiger charge is -2.28. The maximum Gasteiger partial charge on any atom is 0.490 e. The van der Waals surface area contributed by atoms with E-state index in [1.54, 1.807) is 0 Å². The zero-order valence-corrected chi connectivity index (χ0v) is 20.9. The first-order valence-electron chi connectivity index (χ1n) is 9.39. The van der Waals surface area contributed by atoms with E-state index in [-0.39, 0.29) is 5.69 Å². The molecule has 7 atom stereocenters. The molecule has 0 radical (unpaired) electrons. The summed E-state index contributed by atoms with van der Waals surface area (Å²) in [5, 5.41) is 9.86. The molecule has 1 fully saturated rings. The smallest absolute Gasteiger partial charge is 0.396 e. The number of aromatic amines is 1. The molecular weight excluding hydrogens is 544 g/mol. The van der Waals surface area contributed by atoms with Crippen LogP contribution in [0.2, 0.25) is 0 Å². The molecule has 0 aliphatic carbocycles. The molecule has 0 bridgehead atoms. The van der Waals surface area contributed by atoms with Crippen molar-refractivity contribution in [2.24, 2.45) is 5.92 Å². The maximum atomic E-state index is 16.2. The normalized spacial score (nSPS) is 29.0. The predicted octanol–water partition coefficient (Wildman–Crippen LogP) is -0.186. The Labute approximate surface area is 196 Å². The summed E-state index contributed by atoms with van der Waals surface area (Å²) in [5.41, 5.74) is -4.74. The van der Waals surface area contributed by atoms with Crippen LogP contribution in [0.1, 0.15) is 25.8 Å². The van der Waals surface area contributed by atoms with Gasteiger partial charge < -0.3 is 29.4 Å². The van der Waals surface area contributed by atoms with Crippen LogP contribution >= 0.6 is 23.5 Å². The van der Waals surface area contributed by atoms with Gasteiger partial charge in [-0.2, -0.15) is 8.62 Å². The molecule has 4 unspecified atom stereocenters. The molecule has 1 aliphatic rings. The van der Waals surface area contributed by atoms with E-state index in [1.165, 1.54) is 13.8 Å². The fourth-order valence-electron chi connectivity index (χ4n) is 3.52. The summed E-state index contributed by atoms with van der Waals surface area (Å²) in [6.07, 6.45) is -5.28. The van der Waals surface area contributed by atoms with Gasteiger partial charge in [-0.3, -0.25) is 18.9 Å². The van der Waals surface area contributed by atoms with E-state index in [0.29, 0.717) is 4.57 Å². The first kappa shape index (κ1) is 29.7. The minimum Gasteiger partial charge on any atom is -0.396 e. The van der Waals surface area contributed by atoms with Gasteiger partial charge in [0.1, 0.15) is 0 Å². The van der Waals surface area contributed by atoms with Crippen LogP contribution in [0.25, 0.3) is 0 Å². The van der Waals surface area contributed by atoms with Crippen LogP contribution < -0.4 is 11.2 Å². The number of phosphoric ester groups is 1. The van der Waals surface area contributed by atoms with E-state index in [9.17, 15) is 38.2 Å². The van der Waals surface area contributed by atoms with E-state index < -0.39 is 71.3 Å². The Hall–Kier alpha value is -1.50. The zero-order valence-electron chi connectivity index (χ0n) is 18.2. The molecule has 2 heterocycles. The highest BCUT2D eigenvalue weighted by Crippen LogP contribution is 2.67. The Balaban J connectivity index is 2.43. The third-order valence-electron chi connectivity index (χ3n) is 4.68. The number of aliphatic hydroxyl groups is 1. The molecule has 1 aliphatic heterocycles. The van der Waals surface area contributed by atoms with Crippen molar-refractivity contribution >= 4 is 23.5 Å². The number of rotatable bonds is 9. The molecule has 0 amide bonds. The zero-order chi connectivity index (χ0) is 27.0. The number of ether oxygens (including phenoxy) is 1. The standard InChI is InChI=1S/C15H22FN2O14P3/c1-4-5-15(16)10(7-19)12(29-13(15)18-8(2)6-11(20)17-14(18)21)9(3)30-34(25,26)32-35(27,28)31-33(22,23)24/h6,9-10,12-13,19H,7H2,1-3H3,(H,25,26)(H,27,28)(H,17,20,21)(H2,22,23,24)/t9-,10?,12+,13+,15?/m0/s1. The maximum absolute atomic E-state index is 16.2. The van der Waals surface area contributed by atoms with Gasteiger partial charge in [0.05, 0.1) is 24.7 Å². The molecule has 35 heavy (non-hydrogen) atoms. The molecule has 1 aromatic heterocycles. The molecule has 0 saturated carbocycles. The van der Waals surface area contributed by atoms with Crippen LogP contribution in [0.3, 0.4) is 0 Å². The van der Waals surface area contributed by atoms with Gasteiger partial charge in [0.25, 0.3) is 5.56 Å². The van der Waals surface area contributed by atoms with E-state index in [4.69, 9.17) is 14.5 Å². The van der Waals surface area contributed by atoms with Crippen LogP contribution in [-0.2, 0) is 31.6 Å². The lowest BCUT2D eigenvalue weighted by atomic mass is 9.85. The van der Waals surface area contributed by atoms with Crippen molar-refractivity contribution in [1.82, 2.24) is 9.55 Å². The average molecular weight is 566 g/mol. The largest absolute Gasteiger partial charge is 0.490 e. The van der Waals surface area contributed by atoms with Crippen LogP contribution in [0, 0.1) is 24.7 Å². The minimum atomic E-state index is -5.83. The number of H-pyrrole nitrogens is 1. The van der Waals surface area contributed by atoms with Crippen molar-refractivity contribution in [3.63, 3.8) is 0 Å². The Morgan fingerprint density at radius 1 is 1.23 bits per heavy atom. The number of aliphatic hydroxyl groups excluding tert-OH is 1. The highest BCUT2D eigenvalue weighted by atomic mass is 31.3. The summed E-state index contributed by atoms with van der Waals surface area (Å²) in [6, 6.07) is 0.960. The molecule has 1 aromatic rings. The van der Waals surface area contributed by atoms with Crippen LogP contribution in [-0.4, -0.2) is 58.7 Å². The second kappa shape index (κ2) is 10.5. The minimum absolute atomic E-state index is 0.0541. The SMILES string of the molecule is CC#CC1(F)C(CO)[C@@H]([C@H](C)OP(=O)(O)OP(=O)(O)OP(=O)(O)O)O[C@H]1n1c(C)cc(=O)[nH]c1=O. The van der Waals surface area contributed by atoms with Gasteiger partial charge in [-0.05, 0) is 20.8 Å². The first-order valence-corrected chi connectivity index (χ1v) is 13.9. The van der Waals surface area contributed by atoms with E-state index in [2.05, 4.69) is 25.0 Å². The number of nitrogens with one attached hydrogen (secondary N) is 1. The number of aromatic nitrogens is 2. The van der Waals surface area contributed by atoms with Gasteiger partial charge in [0.2, 0.25) is 5.67 Å².